The van der Waals surface area contributed by atoms with Crippen LogP contribution in [0.5, 0.6) is 0 Å². The second kappa shape index (κ2) is 7.53. The van der Waals surface area contributed by atoms with Crippen molar-refractivity contribution < 1.29 is 26.3 Å². The molecule has 4 nitrogen and oxygen atoms in total. The Bertz CT molecular complexity index is 1230. The maximum absolute atomic E-state index is 13.7. The maximum atomic E-state index is 13.7. The molecule has 0 spiro atoms. The van der Waals surface area contributed by atoms with Gasteiger partial charge in [0.2, 0.25) is 0 Å². The topological polar surface area (TPSA) is 50.7 Å². The van der Waals surface area contributed by atoms with E-state index in [4.69, 9.17) is 0 Å². The second-order valence-corrected chi connectivity index (χ2v) is 6.58. The predicted molar refractivity (Wildman–Crippen MR) is 102 cm³/mol. The van der Waals surface area contributed by atoms with Gasteiger partial charge in [0, 0.05) is 28.9 Å². The van der Waals surface area contributed by atoms with Crippen LogP contribution in [0, 0.1) is 0 Å². The van der Waals surface area contributed by atoms with Crippen LogP contribution in [0.2, 0.25) is 0 Å². The van der Waals surface area contributed by atoms with Crippen molar-refractivity contribution in [3.8, 4) is 11.3 Å². The highest BCUT2D eigenvalue weighted by Gasteiger charge is 2.34. The van der Waals surface area contributed by atoms with Crippen LogP contribution in [0.25, 0.3) is 22.2 Å². The first-order valence-electron chi connectivity index (χ1n) is 8.84. The van der Waals surface area contributed by atoms with Gasteiger partial charge >= 0.3 is 12.4 Å². The summed E-state index contributed by atoms with van der Waals surface area (Å²) < 4.78 is 79.1. The Hall–Kier alpha value is -3.69. The highest BCUT2D eigenvalue weighted by molar-refractivity contribution is 5.86. The minimum atomic E-state index is -4.63. The van der Waals surface area contributed by atoms with Gasteiger partial charge in [0.05, 0.1) is 22.3 Å². The van der Waals surface area contributed by atoms with Crippen molar-refractivity contribution in [3.05, 3.63) is 78.2 Å². The highest BCUT2D eigenvalue weighted by Crippen LogP contribution is 2.39. The Morgan fingerprint density at radius 1 is 0.742 bits per heavy atom. The van der Waals surface area contributed by atoms with E-state index < -0.39 is 23.5 Å². The smallest absolute Gasteiger partial charge is 0.340 e. The lowest BCUT2D eigenvalue weighted by Crippen LogP contribution is -2.08. The quantitative estimate of drug-likeness (QED) is 0.376. The number of rotatable bonds is 3. The molecule has 2 aromatic carbocycles. The molecule has 4 rings (SSSR count). The normalized spacial score (nSPS) is 12.2. The molecule has 0 fully saturated rings. The van der Waals surface area contributed by atoms with Crippen LogP contribution >= 0.6 is 0 Å². The lowest BCUT2D eigenvalue weighted by Gasteiger charge is -2.14. The number of aromatic nitrogens is 3. The van der Waals surface area contributed by atoms with E-state index in [-0.39, 0.29) is 22.8 Å². The highest BCUT2D eigenvalue weighted by atomic mass is 19.4. The molecule has 1 N–H and O–H groups in total. The molecule has 0 radical (unpaired) electrons. The summed E-state index contributed by atoms with van der Waals surface area (Å²) >= 11 is 0. The van der Waals surface area contributed by atoms with Crippen LogP contribution < -0.4 is 5.32 Å². The molecule has 0 saturated heterocycles. The minimum absolute atomic E-state index is 0.00992. The molecule has 0 aliphatic rings. The molecule has 0 aliphatic heterocycles. The molecule has 158 valence electrons. The lowest BCUT2D eigenvalue weighted by atomic mass is 10.0. The maximum Gasteiger partial charge on any atom is 0.417 e. The molecule has 0 saturated carbocycles. The fraction of sp³-hybridized carbons (Fsp3) is 0.0952. The summed E-state index contributed by atoms with van der Waals surface area (Å²) in [4.78, 5) is 12.0. The van der Waals surface area contributed by atoms with Gasteiger partial charge in [-0.1, -0.05) is 6.07 Å². The molecular formula is C21H12F6N4. The van der Waals surface area contributed by atoms with Crippen molar-refractivity contribution in [2.45, 2.75) is 12.4 Å². The Morgan fingerprint density at radius 2 is 1.48 bits per heavy atom. The van der Waals surface area contributed by atoms with E-state index in [9.17, 15) is 26.3 Å². The van der Waals surface area contributed by atoms with Gasteiger partial charge in [-0.2, -0.15) is 26.3 Å². The van der Waals surface area contributed by atoms with Gasteiger partial charge in [-0.3, -0.25) is 4.98 Å². The van der Waals surface area contributed by atoms with Crippen LogP contribution in [0.3, 0.4) is 0 Å². The Labute approximate surface area is 171 Å². The van der Waals surface area contributed by atoms with Crippen LogP contribution in [0.4, 0.5) is 37.8 Å². The van der Waals surface area contributed by atoms with Crippen molar-refractivity contribution in [1.29, 1.82) is 0 Å². The molecule has 10 heteroatoms. The molecule has 4 aromatic rings. The first-order chi connectivity index (χ1) is 14.6. The number of nitrogens with one attached hydrogen (secondary N) is 1. The number of anilines is 2. The van der Waals surface area contributed by atoms with Gasteiger partial charge in [0.25, 0.3) is 0 Å². The summed E-state index contributed by atoms with van der Waals surface area (Å²) in [5, 5.41) is 3.10. The average Bonchev–Trinajstić information content (AvgIpc) is 2.72. The van der Waals surface area contributed by atoms with Crippen molar-refractivity contribution in [2.75, 3.05) is 5.32 Å². The van der Waals surface area contributed by atoms with E-state index in [1.165, 1.54) is 36.5 Å². The van der Waals surface area contributed by atoms with Gasteiger partial charge < -0.3 is 5.32 Å². The molecule has 2 heterocycles. The second-order valence-electron chi connectivity index (χ2n) is 6.58. The molecular weight excluding hydrogens is 422 g/mol. The molecule has 0 aliphatic carbocycles. The number of halogens is 6. The number of fused-ring (bicyclic) bond motifs is 1. The molecule has 0 amide bonds. The fourth-order valence-corrected chi connectivity index (χ4v) is 3.03. The zero-order valence-corrected chi connectivity index (χ0v) is 15.5. The Balaban J connectivity index is 1.72. The number of benzene rings is 2. The van der Waals surface area contributed by atoms with E-state index in [2.05, 4.69) is 20.3 Å². The average molecular weight is 434 g/mol. The Kier molecular flexibility index (Phi) is 5.00. The third-order valence-electron chi connectivity index (χ3n) is 4.48. The first-order valence-corrected chi connectivity index (χ1v) is 8.84. The van der Waals surface area contributed by atoms with Gasteiger partial charge in [0.1, 0.15) is 12.1 Å². The minimum Gasteiger partial charge on any atom is -0.340 e. The summed E-state index contributed by atoms with van der Waals surface area (Å²) in [6, 6.07) is 10.8. The van der Waals surface area contributed by atoms with Crippen molar-refractivity contribution >= 4 is 22.4 Å². The third-order valence-corrected chi connectivity index (χ3v) is 4.48. The summed E-state index contributed by atoms with van der Waals surface area (Å²) in [7, 11) is 0. The van der Waals surface area contributed by atoms with Gasteiger partial charge in [-0.25, -0.2) is 9.97 Å². The number of nitrogens with zero attached hydrogens (tertiary/aromatic N) is 3. The van der Waals surface area contributed by atoms with Gasteiger partial charge in [0.15, 0.2) is 0 Å². The summed E-state index contributed by atoms with van der Waals surface area (Å²) in [6.07, 6.45) is -6.56. The van der Waals surface area contributed by atoms with Gasteiger partial charge in [-0.15, -0.1) is 0 Å². The number of alkyl halides is 6. The SMILES string of the molecule is FC(F)(F)c1ccc(Nc2cc(-c3cc4ncccc4cc3C(F)(F)F)ncn2)cc1. The molecule has 0 bridgehead atoms. The number of pyridine rings is 1. The van der Waals surface area contributed by atoms with Crippen LogP contribution in [-0.2, 0) is 12.4 Å². The predicted octanol–water partition coefficient (Wildman–Crippen LogP) is 6.47. The molecule has 31 heavy (non-hydrogen) atoms. The summed E-state index contributed by atoms with van der Waals surface area (Å²) in [6.45, 7) is 0. The van der Waals surface area contributed by atoms with Crippen LogP contribution in [-0.4, -0.2) is 15.0 Å². The fourth-order valence-electron chi connectivity index (χ4n) is 3.03. The number of hydrogen-bond donors (Lipinski definition) is 1. The van der Waals surface area contributed by atoms with E-state index in [0.717, 1.165) is 24.5 Å². The first kappa shape index (κ1) is 20.6. The van der Waals surface area contributed by atoms with Crippen molar-refractivity contribution in [1.82, 2.24) is 15.0 Å². The van der Waals surface area contributed by atoms with Crippen LogP contribution in [0.1, 0.15) is 11.1 Å². The molecule has 0 unspecified atom stereocenters. The summed E-state index contributed by atoms with van der Waals surface area (Å²) in [5.41, 5.74) is -1.25. The monoisotopic (exact) mass is 434 g/mol. The largest absolute Gasteiger partial charge is 0.417 e. The standard InChI is InChI=1S/C21H12F6N4/c22-20(23,24)13-3-5-14(6-4-13)31-19-10-18(29-11-30-19)15-9-17-12(2-1-7-28-17)8-16(15)21(25,26)27/h1-11H,(H,29,30,31). The van der Waals surface area contributed by atoms with Gasteiger partial charge in [-0.05, 0) is 42.5 Å². The van der Waals surface area contributed by atoms with E-state index in [1.807, 2.05) is 0 Å². The van der Waals surface area contributed by atoms with E-state index in [1.54, 1.807) is 6.07 Å². The summed E-state index contributed by atoms with van der Waals surface area (Å²) in [5.74, 6) is 0.124. The molecule has 0 atom stereocenters. The zero-order valence-electron chi connectivity index (χ0n) is 15.5. The van der Waals surface area contributed by atoms with Crippen LogP contribution in [0.15, 0.2) is 67.1 Å². The van der Waals surface area contributed by atoms with Crippen molar-refractivity contribution in [3.63, 3.8) is 0 Å². The van der Waals surface area contributed by atoms with E-state index >= 15 is 0 Å². The molecule has 2 aromatic heterocycles. The third kappa shape index (κ3) is 4.42. The number of hydrogen-bond acceptors (Lipinski definition) is 4. The zero-order chi connectivity index (χ0) is 22.2. The van der Waals surface area contributed by atoms with Crippen molar-refractivity contribution in [2.24, 2.45) is 0 Å². The lowest BCUT2D eigenvalue weighted by molar-refractivity contribution is -0.138. The Morgan fingerprint density at radius 3 is 2.16 bits per heavy atom. The van der Waals surface area contributed by atoms with E-state index in [0.29, 0.717) is 10.9 Å².